The van der Waals surface area contributed by atoms with Crippen LogP contribution in [0, 0.1) is 5.92 Å². The summed E-state index contributed by atoms with van der Waals surface area (Å²) in [5, 5.41) is 3.54. The molecule has 1 fully saturated rings. The molecule has 0 aromatic heterocycles. The van der Waals surface area contributed by atoms with Crippen molar-refractivity contribution in [3.63, 3.8) is 0 Å². The monoisotopic (exact) mass is 353 g/mol. The first-order valence-electron chi connectivity index (χ1n) is 8.15. The van der Waals surface area contributed by atoms with Gasteiger partial charge >= 0.3 is 0 Å². The molecule has 21 heavy (non-hydrogen) atoms. The molecule has 0 bridgehead atoms. The Balaban J connectivity index is 2.15. The van der Waals surface area contributed by atoms with E-state index in [9.17, 15) is 0 Å². The second-order valence-corrected chi connectivity index (χ2v) is 7.27. The summed E-state index contributed by atoms with van der Waals surface area (Å²) in [5.74, 6) is 0.835. The van der Waals surface area contributed by atoms with Crippen LogP contribution in [-0.4, -0.2) is 25.3 Å². The predicted molar refractivity (Wildman–Crippen MR) is 92.7 cm³/mol. The fraction of sp³-hybridized carbons (Fsp3) is 0.667. The maximum atomic E-state index is 6.30. The highest BCUT2D eigenvalue weighted by Crippen LogP contribution is 2.38. The molecule has 1 aliphatic carbocycles. The van der Waals surface area contributed by atoms with Crippen molar-refractivity contribution >= 4 is 15.9 Å². The molecule has 1 N–H and O–H groups in total. The number of hydrogen-bond acceptors (Lipinski definition) is 2. The van der Waals surface area contributed by atoms with Gasteiger partial charge in [-0.05, 0) is 69.7 Å². The van der Waals surface area contributed by atoms with Crippen LogP contribution in [0.1, 0.15) is 45.1 Å². The van der Waals surface area contributed by atoms with Crippen LogP contribution in [-0.2, 0) is 11.2 Å². The Labute approximate surface area is 137 Å². The van der Waals surface area contributed by atoms with Gasteiger partial charge in [-0.25, -0.2) is 0 Å². The lowest BCUT2D eigenvalue weighted by atomic mass is 9.73. The maximum absolute atomic E-state index is 6.30. The van der Waals surface area contributed by atoms with Gasteiger partial charge in [-0.15, -0.1) is 0 Å². The number of likely N-dealkylation sites (N-methyl/N-ethyl adjacent to an activating group) is 1. The van der Waals surface area contributed by atoms with Gasteiger partial charge in [0.2, 0.25) is 0 Å². The highest BCUT2D eigenvalue weighted by Gasteiger charge is 2.41. The third kappa shape index (κ3) is 4.30. The molecule has 1 unspecified atom stereocenters. The van der Waals surface area contributed by atoms with E-state index in [0.29, 0.717) is 6.04 Å². The summed E-state index contributed by atoms with van der Waals surface area (Å²) in [4.78, 5) is 0. The van der Waals surface area contributed by atoms with Crippen LogP contribution in [0.15, 0.2) is 28.7 Å². The van der Waals surface area contributed by atoms with Crippen molar-refractivity contribution in [2.24, 2.45) is 5.92 Å². The first-order valence-corrected chi connectivity index (χ1v) is 8.94. The zero-order valence-corrected chi connectivity index (χ0v) is 15.1. The fourth-order valence-corrected chi connectivity index (χ4v) is 4.03. The lowest BCUT2D eigenvalue weighted by Crippen LogP contribution is -2.54. The number of nitrogens with one attached hydrogen (secondary N) is 1. The Morgan fingerprint density at radius 2 is 2.10 bits per heavy atom. The van der Waals surface area contributed by atoms with Gasteiger partial charge in [-0.1, -0.05) is 35.0 Å². The molecule has 1 saturated carbocycles. The van der Waals surface area contributed by atoms with E-state index in [1.807, 2.05) is 0 Å². The van der Waals surface area contributed by atoms with Crippen molar-refractivity contribution < 1.29 is 4.74 Å². The van der Waals surface area contributed by atoms with Crippen molar-refractivity contribution in [2.75, 3.05) is 13.7 Å². The van der Waals surface area contributed by atoms with Crippen molar-refractivity contribution in [2.45, 2.75) is 57.6 Å². The zero-order valence-electron chi connectivity index (χ0n) is 13.5. The highest BCUT2D eigenvalue weighted by molar-refractivity contribution is 9.10. The molecule has 1 aromatic rings. The topological polar surface area (TPSA) is 21.3 Å². The van der Waals surface area contributed by atoms with E-state index in [2.05, 4.69) is 66.4 Å². The number of benzene rings is 1. The van der Waals surface area contributed by atoms with Gasteiger partial charge in [-0.2, -0.15) is 0 Å². The van der Waals surface area contributed by atoms with Gasteiger partial charge in [0.05, 0.1) is 5.60 Å². The van der Waals surface area contributed by atoms with E-state index in [0.717, 1.165) is 23.4 Å². The summed E-state index contributed by atoms with van der Waals surface area (Å²) >= 11 is 3.57. The minimum absolute atomic E-state index is 0.00166. The molecule has 0 radical (unpaired) electrons. The van der Waals surface area contributed by atoms with Crippen LogP contribution in [0.5, 0.6) is 0 Å². The Morgan fingerprint density at radius 3 is 2.67 bits per heavy atom. The molecule has 1 aliphatic rings. The smallest absolute Gasteiger partial charge is 0.0837 e. The number of rotatable bonds is 6. The second kappa shape index (κ2) is 7.75. The molecule has 0 spiro atoms. The Hall–Kier alpha value is -0.380. The Kier molecular flexibility index (Phi) is 6.27. The van der Waals surface area contributed by atoms with E-state index < -0.39 is 0 Å². The number of halogens is 1. The van der Waals surface area contributed by atoms with E-state index >= 15 is 0 Å². The average molecular weight is 354 g/mol. The van der Waals surface area contributed by atoms with Crippen molar-refractivity contribution in [3.05, 3.63) is 34.3 Å². The SMILES string of the molecule is CCOC1(C(Cc2cccc(Br)c2)NC)CCC(C)CC1. The van der Waals surface area contributed by atoms with Gasteiger partial charge in [-0.3, -0.25) is 0 Å². The molecule has 0 heterocycles. The highest BCUT2D eigenvalue weighted by atomic mass is 79.9. The largest absolute Gasteiger partial charge is 0.374 e. The Bertz CT molecular complexity index is 441. The molecule has 2 rings (SSSR count). The van der Waals surface area contributed by atoms with Crippen LogP contribution in [0.2, 0.25) is 0 Å². The van der Waals surface area contributed by atoms with Gasteiger partial charge < -0.3 is 10.1 Å². The van der Waals surface area contributed by atoms with Crippen molar-refractivity contribution in [3.8, 4) is 0 Å². The third-order valence-corrected chi connectivity index (χ3v) is 5.36. The predicted octanol–water partition coefficient (Wildman–Crippen LogP) is 4.57. The van der Waals surface area contributed by atoms with Crippen LogP contribution in [0.3, 0.4) is 0 Å². The molecule has 0 aliphatic heterocycles. The third-order valence-electron chi connectivity index (χ3n) is 4.86. The van der Waals surface area contributed by atoms with E-state index in [1.54, 1.807) is 0 Å². The first-order chi connectivity index (χ1) is 10.1. The molecule has 1 aromatic carbocycles. The summed E-state index contributed by atoms with van der Waals surface area (Å²) in [6.07, 6.45) is 5.90. The second-order valence-electron chi connectivity index (χ2n) is 6.36. The molecule has 3 heteroatoms. The van der Waals surface area contributed by atoms with E-state index in [1.165, 1.54) is 31.2 Å². The number of ether oxygens (including phenoxy) is 1. The van der Waals surface area contributed by atoms with Crippen LogP contribution >= 0.6 is 15.9 Å². The van der Waals surface area contributed by atoms with E-state index in [-0.39, 0.29) is 5.60 Å². The molecule has 118 valence electrons. The molecular weight excluding hydrogens is 326 g/mol. The van der Waals surface area contributed by atoms with Gasteiger partial charge in [0.1, 0.15) is 0 Å². The minimum atomic E-state index is -0.00166. The summed E-state index contributed by atoms with van der Waals surface area (Å²) < 4.78 is 7.45. The van der Waals surface area contributed by atoms with Gasteiger partial charge in [0, 0.05) is 17.1 Å². The lowest BCUT2D eigenvalue weighted by molar-refractivity contribution is -0.0947. The zero-order chi connectivity index (χ0) is 15.3. The minimum Gasteiger partial charge on any atom is -0.374 e. The van der Waals surface area contributed by atoms with Crippen LogP contribution < -0.4 is 5.32 Å². The average Bonchev–Trinajstić information content (AvgIpc) is 2.48. The quantitative estimate of drug-likeness (QED) is 0.808. The van der Waals surface area contributed by atoms with Gasteiger partial charge in [0.25, 0.3) is 0 Å². The fourth-order valence-electron chi connectivity index (χ4n) is 3.58. The maximum Gasteiger partial charge on any atom is 0.0837 e. The Morgan fingerprint density at radius 1 is 1.38 bits per heavy atom. The van der Waals surface area contributed by atoms with Gasteiger partial charge in [0.15, 0.2) is 0 Å². The van der Waals surface area contributed by atoms with E-state index in [4.69, 9.17) is 4.74 Å². The van der Waals surface area contributed by atoms with Crippen molar-refractivity contribution in [1.82, 2.24) is 5.32 Å². The molecule has 1 atom stereocenters. The van der Waals surface area contributed by atoms with Crippen LogP contribution in [0.4, 0.5) is 0 Å². The standard InChI is InChI=1S/C18H28BrNO/c1-4-21-18(10-8-14(2)9-11-18)17(20-3)13-15-6-5-7-16(19)12-15/h5-7,12,14,17,20H,4,8-11,13H2,1-3H3. The van der Waals surface area contributed by atoms with Crippen molar-refractivity contribution in [1.29, 1.82) is 0 Å². The summed E-state index contributed by atoms with van der Waals surface area (Å²) in [6.45, 7) is 5.27. The summed E-state index contributed by atoms with van der Waals surface area (Å²) in [5.41, 5.74) is 1.36. The molecule has 0 saturated heterocycles. The normalized spacial score (nSPS) is 27.5. The van der Waals surface area contributed by atoms with Crippen LogP contribution in [0.25, 0.3) is 0 Å². The summed E-state index contributed by atoms with van der Waals surface area (Å²) in [7, 11) is 2.07. The molecule has 0 amide bonds. The molecular formula is C18H28BrNO. The number of hydrogen-bond donors (Lipinski definition) is 1. The summed E-state index contributed by atoms with van der Waals surface area (Å²) in [6, 6.07) is 9.00. The molecule has 2 nitrogen and oxygen atoms in total. The first kappa shape index (κ1) is 17.0. The lowest BCUT2D eigenvalue weighted by Gasteiger charge is -2.45.